The van der Waals surface area contributed by atoms with Gasteiger partial charge in [-0.15, -0.1) is 0 Å². The fraction of sp³-hybridized carbons (Fsp3) is 0.409. The van der Waals surface area contributed by atoms with Gasteiger partial charge in [0, 0.05) is 18.6 Å². The van der Waals surface area contributed by atoms with E-state index in [2.05, 4.69) is 10.6 Å². The van der Waals surface area contributed by atoms with Gasteiger partial charge < -0.3 is 25.6 Å². The summed E-state index contributed by atoms with van der Waals surface area (Å²) in [6.07, 6.45) is -0.677. The molecule has 0 aromatic heterocycles. The summed E-state index contributed by atoms with van der Waals surface area (Å²) in [7, 11) is 0. The number of esters is 1. The first kappa shape index (κ1) is 21.7. The Kier molecular flexibility index (Phi) is 7.43. The number of β-amino-alcohol motifs (C(OH)–C–C–N with tert-alkyl or cyclic N) is 1. The maximum absolute atomic E-state index is 11.7. The first-order chi connectivity index (χ1) is 13.2. The van der Waals surface area contributed by atoms with Crippen molar-refractivity contribution in [3.8, 4) is 5.75 Å². The third-order valence-corrected chi connectivity index (χ3v) is 4.18. The average Bonchev–Trinajstić information content (AvgIpc) is 2.65. The minimum atomic E-state index is -0.677. The standard InChI is InChI=1S/C22H30N2O4/c1-5-28-21(27)16-8-6-15(7-9-16)13-23-18-12-17(10-11-19(18)25)20(26)14-24-22(2,3)4/h6-12,20,23-26H,5,13-14H2,1-4H3. The van der Waals surface area contributed by atoms with Crippen molar-refractivity contribution in [1.82, 2.24) is 5.32 Å². The number of ether oxygens (including phenoxy) is 1. The predicted octanol–water partition coefficient (Wildman–Crippen LogP) is 3.60. The zero-order chi connectivity index (χ0) is 20.7. The molecule has 0 saturated heterocycles. The molecular formula is C22H30N2O4. The van der Waals surface area contributed by atoms with E-state index >= 15 is 0 Å². The van der Waals surface area contributed by atoms with E-state index in [0.717, 1.165) is 11.1 Å². The largest absolute Gasteiger partial charge is 0.506 e. The van der Waals surface area contributed by atoms with Crippen molar-refractivity contribution in [2.75, 3.05) is 18.5 Å². The Balaban J connectivity index is 2.01. The summed E-state index contributed by atoms with van der Waals surface area (Å²) in [6, 6.07) is 12.1. The molecule has 0 aliphatic rings. The molecule has 1 atom stereocenters. The minimum absolute atomic E-state index is 0.0886. The van der Waals surface area contributed by atoms with Gasteiger partial charge >= 0.3 is 5.97 Å². The highest BCUT2D eigenvalue weighted by Crippen LogP contribution is 2.27. The molecule has 6 heteroatoms. The second kappa shape index (κ2) is 9.57. The lowest BCUT2D eigenvalue weighted by Gasteiger charge is -2.23. The maximum atomic E-state index is 11.7. The number of aliphatic hydroxyl groups excluding tert-OH is 1. The first-order valence-corrected chi connectivity index (χ1v) is 9.45. The molecule has 1 unspecified atom stereocenters. The van der Waals surface area contributed by atoms with E-state index in [9.17, 15) is 15.0 Å². The molecular weight excluding hydrogens is 356 g/mol. The number of carbonyl (C=O) groups is 1. The number of aliphatic hydroxyl groups is 1. The Hall–Kier alpha value is -2.57. The molecule has 2 rings (SSSR count). The molecule has 0 radical (unpaired) electrons. The number of hydrogen-bond donors (Lipinski definition) is 4. The number of anilines is 1. The quantitative estimate of drug-likeness (QED) is 0.409. The molecule has 0 saturated carbocycles. The molecule has 0 bridgehead atoms. The smallest absolute Gasteiger partial charge is 0.338 e. The summed E-state index contributed by atoms with van der Waals surface area (Å²) in [5.41, 5.74) is 2.63. The van der Waals surface area contributed by atoms with Crippen LogP contribution in [0.15, 0.2) is 42.5 Å². The third-order valence-electron chi connectivity index (χ3n) is 4.18. The Labute approximate surface area is 166 Å². The van der Waals surface area contributed by atoms with Gasteiger partial charge in [0.05, 0.1) is 24.0 Å². The number of phenols is 1. The number of hydrogen-bond acceptors (Lipinski definition) is 6. The van der Waals surface area contributed by atoms with Gasteiger partial charge in [0.2, 0.25) is 0 Å². The van der Waals surface area contributed by atoms with Crippen LogP contribution in [0.5, 0.6) is 5.75 Å². The number of aromatic hydroxyl groups is 1. The lowest BCUT2D eigenvalue weighted by molar-refractivity contribution is 0.0526. The van der Waals surface area contributed by atoms with Crippen molar-refractivity contribution >= 4 is 11.7 Å². The number of nitrogens with one attached hydrogen (secondary N) is 2. The molecule has 0 fully saturated rings. The highest BCUT2D eigenvalue weighted by Gasteiger charge is 2.15. The molecule has 2 aromatic rings. The van der Waals surface area contributed by atoms with Crippen molar-refractivity contribution in [3.05, 3.63) is 59.2 Å². The molecule has 0 aliphatic carbocycles. The topological polar surface area (TPSA) is 90.8 Å². The van der Waals surface area contributed by atoms with Gasteiger partial charge in [-0.25, -0.2) is 4.79 Å². The molecule has 0 amide bonds. The summed E-state index contributed by atoms with van der Waals surface area (Å²) in [5.74, 6) is -0.229. The second-order valence-electron chi connectivity index (χ2n) is 7.69. The number of phenolic OH excluding ortho intramolecular Hbond substituents is 1. The van der Waals surface area contributed by atoms with Crippen molar-refractivity contribution in [3.63, 3.8) is 0 Å². The average molecular weight is 386 g/mol. The molecule has 152 valence electrons. The lowest BCUT2D eigenvalue weighted by atomic mass is 10.0. The van der Waals surface area contributed by atoms with Crippen molar-refractivity contribution in [1.29, 1.82) is 0 Å². The third kappa shape index (κ3) is 6.55. The second-order valence-corrected chi connectivity index (χ2v) is 7.69. The van der Waals surface area contributed by atoms with Crippen LogP contribution in [-0.4, -0.2) is 34.9 Å². The highest BCUT2D eigenvalue weighted by atomic mass is 16.5. The van der Waals surface area contributed by atoms with Crippen LogP contribution in [0, 0.1) is 0 Å². The zero-order valence-corrected chi connectivity index (χ0v) is 17.0. The normalized spacial score (nSPS) is 12.5. The summed E-state index contributed by atoms with van der Waals surface area (Å²) in [4.78, 5) is 11.7. The lowest BCUT2D eigenvalue weighted by Crippen LogP contribution is -2.38. The van der Waals surface area contributed by atoms with Crippen LogP contribution in [0.1, 0.15) is 55.3 Å². The van der Waals surface area contributed by atoms with Gasteiger partial charge in [-0.2, -0.15) is 0 Å². The van der Waals surface area contributed by atoms with Gasteiger partial charge in [-0.1, -0.05) is 18.2 Å². The van der Waals surface area contributed by atoms with Crippen LogP contribution in [-0.2, 0) is 11.3 Å². The van der Waals surface area contributed by atoms with Crippen LogP contribution in [0.4, 0.5) is 5.69 Å². The van der Waals surface area contributed by atoms with Gasteiger partial charge in [-0.05, 0) is 63.1 Å². The number of carbonyl (C=O) groups excluding carboxylic acids is 1. The Morgan fingerprint density at radius 2 is 1.82 bits per heavy atom. The van der Waals surface area contributed by atoms with E-state index in [-0.39, 0.29) is 17.3 Å². The predicted molar refractivity (Wildman–Crippen MR) is 111 cm³/mol. The summed E-state index contributed by atoms with van der Waals surface area (Å²) in [6.45, 7) is 9.12. The monoisotopic (exact) mass is 386 g/mol. The van der Waals surface area contributed by atoms with E-state index in [0.29, 0.717) is 30.9 Å². The van der Waals surface area contributed by atoms with Crippen LogP contribution in [0.2, 0.25) is 0 Å². The molecule has 2 aromatic carbocycles. The summed E-state index contributed by atoms with van der Waals surface area (Å²) in [5, 5.41) is 26.9. The van der Waals surface area contributed by atoms with Gasteiger partial charge in [-0.3, -0.25) is 0 Å². The van der Waals surface area contributed by atoms with Gasteiger partial charge in [0.25, 0.3) is 0 Å². The Morgan fingerprint density at radius 3 is 2.43 bits per heavy atom. The Morgan fingerprint density at radius 1 is 1.14 bits per heavy atom. The van der Waals surface area contributed by atoms with E-state index in [4.69, 9.17) is 4.74 Å². The molecule has 0 aliphatic heterocycles. The maximum Gasteiger partial charge on any atom is 0.338 e. The Bertz CT molecular complexity index is 782. The molecule has 0 heterocycles. The van der Waals surface area contributed by atoms with Crippen LogP contribution in [0.25, 0.3) is 0 Å². The van der Waals surface area contributed by atoms with Crippen molar-refractivity contribution in [2.24, 2.45) is 0 Å². The number of rotatable bonds is 8. The first-order valence-electron chi connectivity index (χ1n) is 9.45. The van der Waals surface area contributed by atoms with E-state index in [1.165, 1.54) is 0 Å². The van der Waals surface area contributed by atoms with Crippen LogP contribution in [0.3, 0.4) is 0 Å². The molecule has 28 heavy (non-hydrogen) atoms. The summed E-state index contributed by atoms with van der Waals surface area (Å²) < 4.78 is 4.97. The van der Waals surface area contributed by atoms with Gasteiger partial charge in [0.1, 0.15) is 5.75 Å². The van der Waals surface area contributed by atoms with Crippen molar-refractivity contribution in [2.45, 2.75) is 45.9 Å². The SMILES string of the molecule is CCOC(=O)c1ccc(CNc2cc(C(O)CNC(C)(C)C)ccc2O)cc1. The molecule has 4 N–H and O–H groups in total. The van der Waals surface area contributed by atoms with E-state index in [1.54, 1.807) is 37.3 Å². The molecule has 6 nitrogen and oxygen atoms in total. The van der Waals surface area contributed by atoms with Crippen LogP contribution >= 0.6 is 0 Å². The van der Waals surface area contributed by atoms with E-state index in [1.807, 2.05) is 32.9 Å². The van der Waals surface area contributed by atoms with Crippen molar-refractivity contribution < 1.29 is 19.7 Å². The zero-order valence-electron chi connectivity index (χ0n) is 17.0. The highest BCUT2D eigenvalue weighted by molar-refractivity contribution is 5.89. The fourth-order valence-corrected chi connectivity index (χ4v) is 2.59. The number of benzene rings is 2. The summed E-state index contributed by atoms with van der Waals surface area (Å²) >= 11 is 0. The molecule has 0 spiro atoms. The minimum Gasteiger partial charge on any atom is -0.506 e. The van der Waals surface area contributed by atoms with E-state index < -0.39 is 6.10 Å². The fourth-order valence-electron chi connectivity index (χ4n) is 2.59. The van der Waals surface area contributed by atoms with Crippen LogP contribution < -0.4 is 10.6 Å². The van der Waals surface area contributed by atoms with Gasteiger partial charge in [0.15, 0.2) is 0 Å².